The zero-order valence-corrected chi connectivity index (χ0v) is 12.4. The van der Waals surface area contributed by atoms with Crippen molar-refractivity contribution in [3.8, 4) is 5.75 Å². The first-order chi connectivity index (χ1) is 9.83. The second-order valence-electron chi connectivity index (χ2n) is 4.79. The lowest BCUT2D eigenvalue weighted by Gasteiger charge is -2.06. The normalized spacial score (nSPS) is 12.0. The largest absolute Gasteiger partial charge is 0.493 e. The van der Waals surface area contributed by atoms with Crippen molar-refractivity contribution in [2.75, 3.05) is 13.2 Å². The van der Waals surface area contributed by atoms with Crippen LogP contribution in [0.3, 0.4) is 0 Å². The van der Waals surface area contributed by atoms with Crippen molar-refractivity contribution in [1.82, 2.24) is 10.3 Å². The lowest BCUT2D eigenvalue weighted by molar-refractivity contribution is 0.0954. The third-order valence-electron chi connectivity index (χ3n) is 3.38. The molecule has 1 aromatic heterocycles. The minimum atomic E-state index is -0.0809. The molecule has 0 aliphatic carbocycles. The van der Waals surface area contributed by atoms with Crippen LogP contribution in [-0.2, 0) is 12.8 Å². The SMILES string of the molecule is Cl.O=C(NCCc1ccc2c(c1)CCO2)c1cccnc1. The lowest BCUT2D eigenvalue weighted by atomic mass is 10.1. The van der Waals surface area contributed by atoms with Crippen molar-refractivity contribution in [3.05, 3.63) is 59.4 Å². The number of pyridine rings is 1. The molecule has 1 aliphatic heterocycles. The Morgan fingerprint density at radius 2 is 2.24 bits per heavy atom. The molecule has 2 aromatic rings. The number of hydrogen-bond donors (Lipinski definition) is 1. The molecule has 0 radical (unpaired) electrons. The number of carbonyl (C=O) groups is 1. The highest BCUT2D eigenvalue weighted by molar-refractivity contribution is 5.93. The summed E-state index contributed by atoms with van der Waals surface area (Å²) in [6.07, 6.45) is 5.02. The van der Waals surface area contributed by atoms with Crippen molar-refractivity contribution in [2.24, 2.45) is 0 Å². The zero-order valence-electron chi connectivity index (χ0n) is 11.5. The van der Waals surface area contributed by atoms with Crippen molar-refractivity contribution in [3.63, 3.8) is 0 Å². The first-order valence-electron chi connectivity index (χ1n) is 6.76. The predicted octanol–water partition coefficient (Wildman–Crippen LogP) is 2.41. The number of hydrogen-bond acceptors (Lipinski definition) is 3. The van der Waals surface area contributed by atoms with Gasteiger partial charge >= 0.3 is 0 Å². The van der Waals surface area contributed by atoms with E-state index in [4.69, 9.17) is 4.74 Å². The van der Waals surface area contributed by atoms with Crippen molar-refractivity contribution in [2.45, 2.75) is 12.8 Å². The van der Waals surface area contributed by atoms with Crippen LogP contribution in [0.1, 0.15) is 21.5 Å². The second-order valence-corrected chi connectivity index (χ2v) is 4.79. The summed E-state index contributed by atoms with van der Waals surface area (Å²) in [7, 11) is 0. The molecular weight excluding hydrogens is 288 g/mol. The number of amides is 1. The molecule has 4 nitrogen and oxygen atoms in total. The molecule has 5 heteroatoms. The Balaban J connectivity index is 0.00000161. The van der Waals surface area contributed by atoms with Gasteiger partial charge in [-0.3, -0.25) is 9.78 Å². The molecule has 0 unspecified atom stereocenters. The minimum absolute atomic E-state index is 0. The van der Waals surface area contributed by atoms with Gasteiger partial charge in [-0.15, -0.1) is 12.4 Å². The second kappa shape index (κ2) is 7.09. The number of halogens is 1. The molecule has 1 aliphatic rings. The first kappa shape index (κ1) is 15.3. The Kier molecular flexibility index (Phi) is 5.17. The zero-order chi connectivity index (χ0) is 13.8. The number of ether oxygens (including phenoxy) is 1. The lowest BCUT2D eigenvalue weighted by Crippen LogP contribution is -2.25. The van der Waals surface area contributed by atoms with E-state index in [-0.39, 0.29) is 18.3 Å². The summed E-state index contributed by atoms with van der Waals surface area (Å²) in [5.41, 5.74) is 3.08. The summed E-state index contributed by atoms with van der Waals surface area (Å²) in [6, 6.07) is 9.75. The number of nitrogens with zero attached hydrogens (tertiary/aromatic N) is 1. The number of aromatic nitrogens is 1. The van der Waals surface area contributed by atoms with Crippen LogP contribution in [0, 0.1) is 0 Å². The topological polar surface area (TPSA) is 51.2 Å². The van der Waals surface area contributed by atoms with Gasteiger partial charge in [0.2, 0.25) is 0 Å². The quantitative estimate of drug-likeness (QED) is 0.944. The molecular formula is C16H17ClN2O2. The Hall–Kier alpha value is -2.07. The van der Waals surface area contributed by atoms with Gasteiger partial charge in [0, 0.05) is 25.4 Å². The summed E-state index contributed by atoms with van der Waals surface area (Å²) in [5.74, 6) is 0.913. The van der Waals surface area contributed by atoms with E-state index in [0.717, 1.165) is 25.2 Å². The molecule has 0 saturated heterocycles. The highest BCUT2D eigenvalue weighted by atomic mass is 35.5. The van der Waals surface area contributed by atoms with Gasteiger partial charge in [0.05, 0.1) is 12.2 Å². The fraction of sp³-hybridized carbons (Fsp3) is 0.250. The third kappa shape index (κ3) is 3.73. The molecule has 0 saturated carbocycles. The molecule has 0 bridgehead atoms. The van der Waals surface area contributed by atoms with Gasteiger partial charge in [-0.1, -0.05) is 12.1 Å². The predicted molar refractivity (Wildman–Crippen MR) is 83.2 cm³/mol. The maximum absolute atomic E-state index is 11.9. The minimum Gasteiger partial charge on any atom is -0.493 e. The highest BCUT2D eigenvalue weighted by Crippen LogP contribution is 2.25. The number of fused-ring (bicyclic) bond motifs is 1. The summed E-state index contributed by atoms with van der Waals surface area (Å²) < 4.78 is 5.48. The first-order valence-corrected chi connectivity index (χ1v) is 6.76. The molecule has 0 fully saturated rings. The fourth-order valence-electron chi connectivity index (χ4n) is 2.31. The number of rotatable bonds is 4. The van der Waals surface area contributed by atoms with Crippen LogP contribution in [0.2, 0.25) is 0 Å². The Labute approximate surface area is 130 Å². The summed E-state index contributed by atoms with van der Waals surface area (Å²) in [6.45, 7) is 1.39. The maximum atomic E-state index is 11.9. The number of nitrogens with one attached hydrogen (secondary N) is 1. The molecule has 110 valence electrons. The fourth-order valence-corrected chi connectivity index (χ4v) is 2.31. The third-order valence-corrected chi connectivity index (χ3v) is 3.38. The smallest absolute Gasteiger partial charge is 0.252 e. The van der Waals surface area contributed by atoms with Crippen LogP contribution in [0.4, 0.5) is 0 Å². The van der Waals surface area contributed by atoms with E-state index in [9.17, 15) is 4.79 Å². The van der Waals surface area contributed by atoms with Crippen LogP contribution in [0.5, 0.6) is 5.75 Å². The van der Waals surface area contributed by atoms with Gasteiger partial charge in [0.25, 0.3) is 5.91 Å². The van der Waals surface area contributed by atoms with Gasteiger partial charge in [0.1, 0.15) is 5.75 Å². The molecule has 3 rings (SSSR count). The monoisotopic (exact) mass is 304 g/mol. The van der Waals surface area contributed by atoms with E-state index in [1.165, 1.54) is 11.1 Å². The summed E-state index contributed by atoms with van der Waals surface area (Å²) >= 11 is 0. The molecule has 21 heavy (non-hydrogen) atoms. The molecule has 1 N–H and O–H groups in total. The van der Waals surface area contributed by atoms with Gasteiger partial charge in [-0.2, -0.15) is 0 Å². The van der Waals surface area contributed by atoms with E-state index in [0.29, 0.717) is 12.1 Å². The molecule has 0 spiro atoms. The van der Waals surface area contributed by atoms with Crippen molar-refractivity contribution in [1.29, 1.82) is 0 Å². The van der Waals surface area contributed by atoms with Gasteiger partial charge < -0.3 is 10.1 Å². The molecule has 1 amide bonds. The maximum Gasteiger partial charge on any atom is 0.252 e. The Morgan fingerprint density at radius 1 is 1.33 bits per heavy atom. The number of benzene rings is 1. The van der Waals surface area contributed by atoms with Crippen LogP contribution in [0.15, 0.2) is 42.7 Å². The van der Waals surface area contributed by atoms with E-state index in [1.54, 1.807) is 24.5 Å². The average molecular weight is 305 g/mol. The van der Waals surface area contributed by atoms with E-state index in [2.05, 4.69) is 22.4 Å². The standard InChI is InChI=1S/C16H16N2O2.ClH/c19-16(14-2-1-7-17-11-14)18-8-5-12-3-4-15-13(10-12)6-9-20-15;/h1-4,7,10-11H,5-6,8-9H2,(H,18,19);1H. The van der Waals surface area contributed by atoms with Crippen molar-refractivity contribution >= 4 is 18.3 Å². The summed E-state index contributed by atoms with van der Waals surface area (Å²) in [4.78, 5) is 15.8. The van der Waals surface area contributed by atoms with Crippen LogP contribution in [0.25, 0.3) is 0 Å². The van der Waals surface area contributed by atoms with Gasteiger partial charge in [-0.25, -0.2) is 0 Å². The highest BCUT2D eigenvalue weighted by Gasteiger charge is 2.12. The Bertz CT molecular complexity index is 617. The van der Waals surface area contributed by atoms with Crippen LogP contribution < -0.4 is 10.1 Å². The van der Waals surface area contributed by atoms with Gasteiger partial charge in [0.15, 0.2) is 0 Å². The van der Waals surface area contributed by atoms with Crippen LogP contribution in [-0.4, -0.2) is 24.0 Å². The van der Waals surface area contributed by atoms with E-state index < -0.39 is 0 Å². The average Bonchev–Trinajstić information content (AvgIpc) is 2.95. The molecule has 0 atom stereocenters. The van der Waals surface area contributed by atoms with E-state index in [1.807, 2.05) is 6.07 Å². The Morgan fingerprint density at radius 3 is 3.05 bits per heavy atom. The van der Waals surface area contributed by atoms with E-state index >= 15 is 0 Å². The molecule has 2 heterocycles. The molecule has 1 aromatic carbocycles. The summed E-state index contributed by atoms with van der Waals surface area (Å²) in [5, 5.41) is 2.90. The van der Waals surface area contributed by atoms with Crippen LogP contribution >= 0.6 is 12.4 Å². The van der Waals surface area contributed by atoms with Crippen molar-refractivity contribution < 1.29 is 9.53 Å². The number of carbonyl (C=O) groups excluding carboxylic acids is 1. The van der Waals surface area contributed by atoms with Gasteiger partial charge in [-0.05, 0) is 35.7 Å².